The summed E-state index contributed by atoms with van der Waals surface area (Å²) in [6.45, 7) is 6.29. The highest BCUT2D eigenvalue weighted by Gasteiger charge is 2.22. The number of carbonyl (C=O) groups is 1. The zero-order chi connectivity index (χ0) is 16.2. The van der Waals surface area contributed by atoms with Crippen LogP contribution < -0.4 is 11.1 Å². The predicted octanol–water partition coefficient (Wildman–Crippen LogP) is 2.38. The Morgan fingerprint density at radius 3 is 2.67 bits per heavy atom. The van der Waals surface area contributed by atoms with Gasteiger partial charge in [0, 0.05) is 24.8 Å². The molecule has 0 saturated heterocycles. The van der Waals surface area contributed by atoms with E-state index < -0.39 is 22.1 Å². The number of hydrogen-bond donors (Lipinski definition) is 2. The lowest BCUT2D eigenvalue weighted by Crippen LogP contribution is -2.40. The second-order valence-electron chi connectivity index (χ2n) is 5.02. The number of hydrogen-bond acceptors (Lipinski definition) is 5. The van der Waals surface area contributed by atoms with Gasteiger partial charge < -0.3 is 15.8 Å². The summed E-state index contributed by atoms with van der Waals surface area (Å²) in [5, 5.41) is 13.5. The van der Waals surface area contributed by atoms with Gasteiger partial charge >= 0.3 is 0 Å². The third-order valence-corrected chi connectivity index (χ3v) is 3.09. The number of amides is 1. The van der Waals surface area contributed by atoms with E-state index in [9.17, 15) is 14.9 Å². The van der Waals surface area contributed by atoms with Crippen molar-refractivity contribution in [2.75, 3.05) is 18.9 Å². The summed E-state index contributed by atoms with van der Waals surface area (Å²) in [6, 6.07) is 2.40. The first kappa shape index (κ1) is 17.2. The molecule has 0 radical (unpaired) electrons. The first-order valence-electron chi connectivity index (χ1n) is 6.33. The Hall–Kier alpha value is -1.86. The minimum atomic E-state index is -0.678. The zero-order valence-corrected chi connectivity index (χ0v) is 12.9. The molecule has 0 atom stereocenters. The largest absolute Gasteiger partial charge is 0.392 e. The highest BCUT2D eigenvalue weighted by Crippen LogP contribution is 2.30. The molecule has 0 aromatic heterocycles. The summed E-state index contributed by atoms with van der Waals surface area (Å²) in [5.74, 6) is -0.479. The molecule has 0 bridgehead atoms. The first-order chi connectivity index (χ1) is 9.68. The van der Waals surface area contributed by atoms with Crippen molar-refractivity contribution in [3.05, 3.63) is 32.8 Å². The third-order valence-electron chi connectivity index (χ3n) is 2.78. The maximum Gasteiger partial charge on any atom is 0.294 e. The Morgan fingerprint density at radius 2 is 2.14 bits per heavy atom. The lowest BCUT2D eigenvalue weighted by Gasteiger charge is -2.24. The molecule has 0 unspecified atom stereocenters. The molecule has 0 aliphatic rings. The van der Waals surface area contributed by atoms with Crippen LogP contribution in [-0.2, 0) is 4.74 Å². The highest BCUT2D eigenvalue weighted by molar-refractivity contribution is 6.34. The number of nitro benzene ring substituents is 1. The molecule has 0 aliphatic heterocycles. The maximum atomic E-state index is 12.0. The average Bonchev–Trinajstić information content (AvgIpc) is 2.38. The van der Waals surface area contributed by atoms with Gasteiger partial charge in [0.2, 0.25) is 0 Å². The van der Waals surface area contributed by atoms with Crippen LogP contribution in [-0.4, -0.2) is 29.6 Å². The van der Waals surface area contributed by atoms with Crippen LogP contribution >= 0.6 is 11.6 Å². The summed E-state index contributed by atoms with van der Waals surface area (Å²) in [7, 11) is 0. The van der Waals surface area contributed by atoms with Gasteiger partial charge in [-0.15, -0.1) is 0 Å². The maximum absolute atomic E-state index is 12.0. The number of nitro groups is 1. The van der Waals surface area contributed by atoms with Crippen molar-refractivity contribution in [2.45, 2.75) is 26.4 Å². The molecule has 0 fully saturated rings. The number of carbonyl (C=O) groups excluding carboxylic acids is 1. The zero-order valence-electron chi connectivity index (χ0n) is 12.1. The van der Waals surface area contributed by atoms with Gasteiger partial charge in [-0.3, -0.25) is 14.9 Å². The summed E-state index contributed by atoms with van der Waals surface area (Å²) < 4.78 is 5.45. The van der Waals surface area contributed by atoms with Crippen LogP contribution in [0.15, 0.2) is 12.1 Å². The molecule has 0 saturated carbocycles. The lowest BCUT2D eigenvalue weighted by atomic mass is 10.1. The van der Waals surface area contributed by atoms with Crippen LogP contribution in [0.5, 0.6) is 0 Å². The van der Waals surface area contributed by atoms with Gasteiger partial charge in [-0.25, -0.2) is 0 Å². The number of nitrogens with one attached hydrogen (secondary N) is 1. The van der Waals surface area contributed by atoms with Crippen molar-refractivity contribution in [2.24, 2.45) is 0 Å². The summed E-state index contributed by atoms with van der Waals surface area (Å²) in [5.41, 5.74) is 4.50. The van der Waals surface area contributed by atoms with Crippen LogP contribution in [0.1, 0.15) is 31.1 Å². The van der Waals surface area contributed by atoms with Gasteiger partial charge in [0.05, 0.1) is 15.5 Å². The molecule has 0 heterocycles. The van der Waals surface area contributed by atoms with Gasteiger partial charge in [-0.1, -0.05) is 11.6 Å². The molecule has 1 aromatic carbocycles. The normalized spacial score (nSPS) is 11.2. The van der Waals surface area contributed by atoms with Crippen molar-refractivity contribution in [3.63, 3.8) is 0 Å². The molecular weight excluding hydrogens is 298 g/mol. The number of halogens is 1. The molecule has 7 nitrogen and oxygen atoms in total. The van der Waals surface area contributed by atoms with E-state index in [-0.39, 0.29) is 22.8 Å². The van der Waals surface area contributed by atoms with Crippen molar-refractivity contribution in [1.29, 1.82) is 0 Å². The monoisotopic (exact) mass is 315 g/mol. The predicted molar refractivity (Wildman–Crippen MR) is 80.6 cm³/mol. The fourth-order valence-electron chi connectivity index (χ4n) is 1.72. The lowest BCUT2D eigenvalue weighted by molar-refractivity contribution is -0.383. The van der Waals surface area contributed by atoms with E-state index in [0.717, 1.165) is 6.07 Å². The molecular formula is C13H18ClN3O4. The first-order valence-corrected chi connectivity index (χ1v) is 6.71. The smallest absolute Gasteiger partial charge is 0.294 e. The van der Waals surface area contributed by atoms with Crippen LogP contribution in [0.25, 0.3) is 0 Å². The molecule has 116 valence electrons. The van der Waals surface area contributed by atoms with E-state index in [1.54, 1.807) is 0 Å². The number of benzene rings is 1. The number of ether oxygens (including phenoxy) is 1. The summed E-state index contributed by atoms with van der Waals surface area (Å²) >= 11 is 5.81. The van der Waals surface area contributed by atoms with Gasteiger partial charge in [0.25, 0.3) is 11.6 Å². The molecule has 1 aromatic rings. The average molecular weight is 316 g/mol. The number of nitrogens with zero attached hydrogens (tertiary/aromatic N) is 1. The van der Waals surface area contributed by atoms with Crippen LogP contribution in [0.2, 0.25) is 5.02 Å². The summed E-state index contributed by atoms with van der Waals surface area (Å²) in [6.07, 6.45) is 0. The second-order valence-corrected chi connectivity index (χ2v) is 5.43. The van der Waals surface area contributed by atoms with E-state index in [4.69, 9.17) is 22.1 Å². The molecule has 0 spiro atoms. The minimum absolute atomic E-state index is 0.0292. The third kappa shape index (κ3) is 4.57. The van der Waals surface area contributed by atoms with E-state index in [0.29, 0.717) is 6.61 Å². The fraction of sp³-hybridized carbons (Fsp3) is 0.462. The molecule has 21 heavy (non-hydrogen) atoms. The quantitative estimate of drug-likeness (QED) is 0.476. The summed E-state index contributed by atoms with van der Waals surface area (Å²) in [4.78, 5) is 22.2. The van der Waals surface area contributed by atoms with Crippen LogP contribution in [0.4, 0.5) is 11.4 Å². The van der Waals surface area contributed by atoms with Gasteiger partial charge in [0.15, 0.2) is 0 Å². The molecule has 8 heteroatoms. The number of nitrogens with two attached hydrogens (primary N) is 1. The van der Waals surface area contributed by atoms with E-state index in [2.05, 4.69) is 5.32 Å². The number of anilines is 1. The Labute approximate surface area is 127 Å². The van der Waals surface area contributed by atoms with Crippen molar-refractivity contribution < 1.29 is 14.5 Å². The minimum Gasteiger partial charge on any atom is -0.392 e. The van der Waals surface area contributed by atoms with E-state index in [1.165, 1.54) is 6.07 Å². The van der Waals surface area contributed by atoms with Crippen molar-refractivity contribution >= 4 is 28.9 Å². The van der Waals surface area contributed by atoms with Crippen LogP contribution in [0, 0.1) is 10.1 Å². The Balaban J connectivity index is 2.91. The van der Waals surface area contributed by atoms with Crippen molar-refractivity contribution in [1.82, 2.24) is 5.32 Å². The number of nitrogen functional groups attached to an aromatic ring is 1. The highest BCUT2D eigenvalue weighted by atomic mass is 35.5. The number of rotatable bonds is 6. The Bertz CT molecular complexity index is 561. The standard InChI is InChI=1S/C13H18ClN3O4/c1-4-21-13(2,3)7-16-12(18)8-5-9(14)11(15)10(6-8)17(19)20/h5-6H,4,7,15H2,1-3H3,(H,16,18). The Morgan fingerprint density at radius 1 is 1.52 bits per heavy atom. The molecule has 3 N–H and O–H groups in total. The molecule has 0 aliphatic carbocycles. The van der Waals surface area contributed by atoms with Gasteiger partial charge in [0.1, 0.15) is 5.69 Å². The second kappa shape index (κ2) is 6.73. The Kier molecular flexibility index (Phi) is 5.51. The fourth-order valence-corrected chi connectivity index (χ4v) is 1.94. The van der Waals surface area contributed by atoms with Gasteiger partial charge in [-0.2, -0.15) is 0 Å². The molecule has 1 rings (SSSR count). The van der Waals surface area contributed by atoms with Crippen molar-refractivity contribution in [3.8, 4) is 0 Å². The SMILES string of the molecule is CCOC(C)(C)CNC(=O)c1cc(Cl)c(N)c([N+](=O)[O-])c1. The topological polar surface area (TPSA) is 107 Å². The van der Waals surface area contributed by atoms with E-state index in [1.807, 2.05) is 20.8 Å². The van der Waals surface area contributed by atoms with Crippen LogP contribution in [0.3, 0.4) is 0 Å². The molecule has 1 amide bonds. The van der Waals surface area contributed by atoms with Gasteiger partial charge in [-0.05, 0) is 26.8 Å². The van der Waals surface area contributed by atoms with E-state index >= 15 is 0 Å².